The monoisotopic (exact) mass is 146 g/mol. The van der Waals surface area contributed by atoms with E-state index < -0.39 is 0 Å². The van der Waals surface area contributed by atoms with Gasteiger partial charge in [0.2, 0.25) is 0 Å². The van der Waals surface area contributed by atoms with Crippen LogP contribution in [0.1, 0.15) is 12.8 Å². The fourth-order valence-corrected chi connectivity index (χ4v) is 2.35. The van der Waals surface area contributed by atoms with Gasteiger partial charge in [0.15, 0.2) is 0 Å². The van der Waals surface area contributed by atoms with Crippen molar-refractivity contribution in [3.8, 4) is 0 Å². The molecule has 0 unspecified atom stereocenters. The third-order valence-corrected chi connectivity index (χ3v) is 2.99. The van der Waals surface area contributed by atoms with Crippen LogP contribution in [0.15, 0.2) is 0 Å². The summed E-state index contributed by atoms with van der Waals surface area (Å²) in [6, 6.07) is 0. The summed E-state index contributed by atoms with van der Waals surface area (Å²) in [5.74, 6) is 0. The van der Waals surface area contributed by atoms with Crippen molar-refractivity contribution in [2.45, 2.75) is 18.1 Å². The van der Waals surface area contributed by atoms with Crippen LogP contribution in [-0.4, -0.2) is 22.5 Å². The zero-order valence-electron chi connectivity index (χ0n) is 3.78. The minimum absolute atomic E-state index is 0.581. The number of rotatable bonds is 0. The SMILES string of the molecule is C1CC[As]NC1. The normalized spacial score (nSPS) is 28.0. The molecule has 0 aromatic rings. The van der Waals surface area contributed by atoms with Crippen molar-refractivity contribution in [3.63, 3.8) is 0 Å². The molecule has 0 saturated carbocycles. The minimum atomic E-state index is 0.581. The van der Waals surface area contributed by atoms with Crippen molar-refractivity contribution < 1.29 is 0 Å². The van der Waals surface area contributed by atoms with E-state index in [1.807, 2.05) is 0 Å². The zero-order valence-corrected chi connectivity index (χ0v) is 5.65. The van der Waals surface area contributed by atoms with Crippen LogP contribution in [0.5, 0.6) is 0 Å². The molecule has 1 aliphatic heterocycles. The Balaban J connectivity index is 2.00. The Morgan fingerprint density at radius 2 is 2.33 bits per heavy atom. The van der Waals surface area contributed by atoms with Crippen LogP contribution in [0.3, 0.4) is 0 Å². The van der Waals surface area contributed by atoms with Gasteiger partial charge in [0, 0.05) is 0 Å². The Bertz CT molecular complexity index is 23.0. The predicted octanol–water partition coefficient (Wildman–Crippen LogP) is 0.407. The van der Waals surface area contributed by atoms with E-state index in [2.05, 4.69) is 4.23 Å². The Morgan fingerprint density at radius 1 is 1.33 bits per heavy atom. The standard InChI is InChI=1S/C4H9AsN/c1-2-4-6-5-3-1/h6H,1-4H2. The molecule has 35 valence electrons. The van der Waals surface area contributed by atoms with Crippen molar-refractivity contribution in [3.05, 3.63) is 0 Å². The quantitative estimate of drug-likeness (QED) is 0.488. The first-order valence-corrected chi connectivity index (χ1v) is 4.66. The van der Waals surface area contributed by atoms with Gasteiger partial charge in [-0.3, -0.25) is 0 Å². The molecule has 0 spiro atoms. The summed E-state index contributed by atoms with van der Waals surface area (Å²) in [6.45, 7) is 1.29. The molecule has 1 heterocycles. The van der Waals surface area contributed by atoms with E-state index in [1.165, 1.54) is 24.6 Å². The average Bonchev–Trinajstić information content (AvgIpc) is 1.72. The van der Waals surface area contributed by atoms with Crippen molar-refractivity contribution in [2.24, 2.45) is 0 Å². The maximum absolute atomic E-state index is 3.38. The molecule has 0 aliphatic carbocycles. The molecular formula is C4H9AsN. The summed E-state index contributed by atoms with van der Waals surface area (Å²) in [5.41, 5.74) is 0. The summed E-state index contributed by atoms with van der Waals surface area (Å²) in [5, 5.41) is 1.48. The molecule has 1 rings (SSSR count). The van der Waals surface area contributed by atoms with Gasteiger partial charge in [-0.25, -0.2) is 0 Å². The third-order valence-electron chi connectivity index (χ3n) is 0.920. The number of nitrogens with one attached hydrogen (secondary N) is 1. The molecule has 0 amide bonds. The van der Waals surface area contributed by atoms with Crippen molar-refractivity contribution >= 4 is 16.0 Å². The van der Waals surface area contributed by atoms with Gasteiger partial charge in [0.05, 0.1) is 0 Å². The van der Waals surface area contributed by atoms with Crippen LogP contribution in [-0.2, 0) is 0 Å². The Kier molecular flexibility index (Phi) is 2.06. The van der Waals surface area contributed by atoms with Crippen LogP contribution >= 0.6 is 0 Å². The van der Waals surface area contributed by atoms with Crippen LogP contribution < -0.4 is 4.23 Å². The van der Waals surface area contributed by atoms with Gasteiger partial charge in [-0.2, -0.15) is 0 Å². The van der Waals surface area contributed by atoms with E-state index >= 15 is 0 Å². The molecule has 0 aromatic carbocycles. The summed E-state index contributed by atoms with van der Waals surface area (Å²) in [7, 11) is 0. The van der Waals surface area contributed by atoms with Crippen LogP contribution in [0, 0.1) is 0 Å². The first kappa shape index (κ1) is 4.67. The summed E-state index contributed by atoms with van der Waals surface area (Å²) >= 11 is 0.581. The number of hydrogen-bond acceptors (Lipinski definition) is 1. The van der Waals surface area contributed by atoms with Crippen molar-refractivity contribution in [1.29, 1.82) is 0 Å². The van der Waals surface area contributed by atoms with E-state index in [0.717, 1.165) is 0 Å². The molecule has 2 heteroatoms. The molecular weight excluding hydrogens is 137 g/mol. The molecule has 0 aromatic heterocycles. The first-order chi connectivity index (χ1) is 3.00. The van der Waals surface area contributed by atoms with E-state index in [0.29, 0.717) is 16.0 Å². The Morgan fingerprint density at radius 3 is 2.50 bits per heavy atom. The van der Waals surface area contributed by atoms with Gasteiger partial charge >= 0.3 is 44.8 Å². The number of hydrogen-bond donors (Lipinski definition) is 1. The van der Waals surface area contributed by atoms with Gasteiger partial charge in [0.25, 0.3) is 0 Å². The summed E-state index contributed by atoms with van der Waals surface area (Å²) < 4.78 is 3.38. The summed E-state index contributed by atoms with van der Waals surface area (Å²) in [6.07, 6.45) is 2.89. The van der Waals surface area contributed by atoms with Crippen molar-refractivity contribution in [2.75, 3.05) is 6.54 Å². The molecule has 1 fully saturated rings. The van der Waals surface area contributed by atoms with E-state index in [1.54, 1.807) is 0 Å². The molecule has 1 N–H and O–H groups in total. The topological polar surface area (TPSA) is 12.0 Å². The van der Waals surface area contributed by atoms with Crippen molar-refractivity contribution in [1.82, 2.24) is 4.23 Å². The second-order valence-corrected chi connectivity index (χ2v) is 3.76. The van der Waals surface area contributed by atoms with Crippen LogP contribution in [0.2, 0.25) is 5.21 Å². The van der Waals surface area contributed by atoms with Crippen LogP contribution in [0.25, 0.3) is 0 Å². The molecule has 1 saturated heterocycles. The molecule has 1 radical (unpaired) electrons. The second kappa shape index (κ2) is 2.65. The fraction of sp³-hybridized carbons (Fsp3) is 1.00. The van der Waals surface area contributed by atoms with Gasteiger partial charge < -0.3 is 0 Å². The first-order valence-electron chi connectivity index (χ1n) is 2.39. The molecule has 0 atom stereocenters. The van der Waals surface area contributed by atoms with E-state index in [-0.39, 0.29) is 0 Å². The summed E-state index contributed by atoms with van der Waals surface area (Å²) in [4.78, 5) is 0. The zero-order chi connectivity index (χ0) is 4.24. The average molecular weight is 146 g/mol. The molecule has 1 aliphatic rings. The van der Waals surface area contributed by atoms with Gasteiger partial charge in [-0.1, -0.05) is 0 Å². The molecule has 1 nitrogen and oxygen atoms in total. The van der Waals surface area contributed by atoms with Crippen LogP contribution in [0.4, 0.5) is 0 Å². The van der Waals surface area contributed by atoms with E-state index in [9.17, 15) is 0 Å². The maximum atomic E-state index is 3.38. The fourth-order valence-electron chi connectivity index (χ4n) is 0.553. The second-order valence-electron chi connectivity index (χ2n) is 1.50. The predicted molar refractivity (Wildman–Crippen MR) is 27.8 cm³/mol. The Hall–Kier alpha value is 0.518. The van der Waals surface area contributed by atoms with Gasteiger partial charge in [-0.05, 0) is 0 Å². The Labute approximate surface area is 45.4 Å². The molecule has 0 bridgehead atoms. The van der Waals surface area contributed by atoms with Gasteiger partial charge in [0.1, 0.15) is 0 Å². The van der Waals surface area contributed by atoms with E-state index in [4.69, 9.17) is 0 Å². The van der Waals surface area contributed by atoms with Gasteiger partial charge in [-0.15, -0.1) is 0 Å². The molecule has 6 heavy (non-hydrogen) atoms. The third kappa shape index (κ3) is 1.32.